The van der Waals surface area contributed by atoms with E-state index in [1.165, 1.54) is 7.11 Å². The first-order valence-electron chi connectivity index (χ1n) is 7.13. The number of carbonyl (C=O) groups excluding carboxylic acids is 1. The fourth-order valence-corrected chi connectivity index (χ4v) is 2.99. The zero-order valence-corrected chi connectivity index (χ0v) is 16.0. The molecule has 0 aliphatic carbocycles. The molecule has 0 fully saturated rings. The third-order valence-corrected chi connectivity index (χ3v) is 3.99. The van der Waals surface area contributed by atoms with Gasteiger partial charge in [-0.15, -0.1) is 0 Å². The number of methoxy groups -OCH3 is 1. The lowest BCUT2D eigenvalue weighted by molar-refractivity contribution is -0.384. The van der Waals surface area contributed by atoms with E-state index in [1.807, 2.05) is 0 Å². The summed E-state index contributed by atoms with van der Waals surface area (Å²) in [6, 6.07) is 6.28. The Bertz CT molecular complexity index is 907. The molecule has 136 valence electrons. The molecule has 10 heteroatoms. The molecule has 0 aromatic heterocycles. The van der Waals surface area contributed by atoms with Crippen molar-refractivity contribution in [2.75, 3.05) is 12.4 Å². The van der Waals surface area contributed by atoms with Crippen LogP contribution in [0.4, 0.5) is 15.8 Å². The van der Waals surface area contributed by atoms with Crippen LogP contribution in [0.1, 0.15) is 15.9 Å². The first kappa shape index (κ1) is 19.7. The van der Waals surface area contributed by atoms with Crippen molar-refractivity contribution in [3.8, 4) is 5.75 Å². The Balaban J connectivity index is 2.20. The number of non-ortho nitro benzene ring substituents is 1. The van der Waals surface area contributed by atoms with Crippen LogP contribution in [0.3, 0.4) is 0 Å². The zero-order valence-electron chi connectivity index (χ0n) is 13.6. The van der Waals surface area contributed by atoms with Crippen molar-refractivity contribution < 1.29 is 18.8 Å². The van der Waals surface area contributed by atoms with Crippen LogP contribution in [0.25, 0.3) is 0 Å². The number of benzene rings is 2. The van der Waals surface area contributed by atoms with E-state index in [0.717, 1.165) is 23.8 Å². The first-order chi connectivity index (χ1) is 12.2. The quantitative estimate of drug-likeness (QED) is 0.423. The van der Waals surface area contributed by atoms with Crippen LogP contribution in [0.5, 0.6) is 5.75 Å². The molecule has 2 N–H and O–H groups in total. The number of nitrogens with zero attached hydrogens (tertiary/aromatic N) is 1. The number of thiocarbonyl (C=S) groups is 1. The summed E-state index contributed by atoms with van der Waals surface area (Å²) in [6.07, 6.45) is 0. The molecule has 0 spiro atoms. The minimum atomic E-state index is -0.747. The van der Waals surface area contributed by atoms with Gasteiger partial charge in [0, 0.05) is 16.6 Å². The number of rotatable bonds is 4. The van der Waals surface area contributed by atoms with Crippen molar-refractivity contribution >= 4 is 50.5 Å². The van der Waals surface area contributed by atoms with Gasteiger partial charge in [0.2, 0.25) is 0 Å². The predicted molar refractivity (Wildman–Crippen MR) is 102 cm³/mol. The van der Waals surface area contributed by atoms with Crippen LogP contribution in [0.2, 0.25) is 0 Å². The maximum absolute atomic E-state index is 13.8. The largest absolute Gasteiger partial charge is 0.496 e. The highest BCUT2D eigenvalue weighted by molar-refractivity contribution is 9.10. The van der Waals surface area contributed by atoms with Crippen LogP contribution in [0.15, 0.2) is 34.8 Å². The highest BCUT2D eigenvalue weighted by Crippen LogP contribution is 2.28. The van der Waals surface area contributed by atoms with Gasteiger partial charge in [0.05, 0.1) is 23.3 Å². The summed E-state index contributed by atoms with van der Waals surface area (Å²) < 4.78 is 19.7. The van der Waals surface area contributed by atoms with Gasteiger partial charge in [0.25, 0.3) is 11.6 Å². The van der Waals surface area contributed by atoms with E-state index < -0.39 is 16.6 Å². The molecule has 2 rings (SSSR count). The van der Waals surface area contributed by atoms with Gasteiger partial charge in [0.1, 0.15) is 11.6 Å². The van der Waals surface area contributed by atoms with Gasteiger partial charge in [-0.3, -0.25) is 20.2 Å². The molecular weight excluding hydrogens is 429 g/mol. The molecule has 0 unspecified atom stereocenters. The molecule has 1 amide bonds. The lowest BCUT2D eigenvalue weighted by Gasteiger charge is -2.14. The SMILES string of the molecule is COc1c(C)cc(Br)cc1C(=O)NC(=S)Nc1cc([N+](=O)[O-])ccc1F. The number of halogens is 2. The minimum absolute atomic E-state index is 0.214. The number of hydrogen-bond donors (Lipinski definition) is 2. The average molecular weight is 442 g/mol. The summed E-state index contributed by atoms with van der Waals surface area (Å²) in [4.78, 5) is 22.6. The molecule has 0 aliphatic heterocycles. The molecular formula is C16H13BrFN3O4S. The van der Waals surface area contributed by atoms with Crippen molar-refractivity contribution in [2.45, 2.75) is 6.92 Å². The molecule has 7 nitrogen and oxygen atoms in total. The number of ether oxygens (including phenoxy) is 1. The highest BCUT2D eigenvalue weighted by Gasteiger charge is 2.18. The van der Waals surface area contributed by atoms with Gasteiger partial charge in [0.15, 0.2) is 5.11 Å². The molecule has 0 heterocycles. The number of nitro benzene ring substituents is 1. The van der Waals surface area contributed by atoms with E-state index >= 15 is 0 Å². The maximum atomic E-state index is 13.8. The van der Waals surface area contributed by atoms with Crippen molar-refractivity contribution in [3.63, 3.8) is 0 Å². The second-order valence-corrected chi connectivity index (χ2v) is 6.46. The number of anilines is 1. The normalized spacial score (nSPS) is 10.2. The Kier molecular flexibility index (Phi) is 6.22. The number of aryl methyl sites for hydroxylation is 1. The van der Waals surface area contributed by atoms with Gasteiger partial charge in [-0.25, -0.2) is 4.39 Å². The smallest absolute Gasteiger partial charge is 0.271 e. The molecule has 0 atom stereocenters. The lowest BCUT2D eigenvalue weighted by atomic mass is 10.1. The Morgan fingerprint density at radius 1 is 1.35 bits per heavy atom. The summed E-state index contributed by atoms with van der Waals surface area (Å²) in [5.74, 6) is -0.951. The topological polar surface area (TPSA) is 93.5 Å². The molecule has 0 saturated carbocycles. The maximum Gasteiger partial charge on any atom is 0.271 e. The minimum Gasteiger partial charge on any atom is -0.496 e. The summed E-state index contributed by atoms with van der Waals surface area (Å²) in [5.41, 5.74) is 0.424. The Morgan fingerprint density at radius 3 is 2.65 bits per heavy atom. The Morgan fingerprint density at radius 2 is 2.04 bits per heavy atom. The monoisotopic (exact) mass is 441 g/mol. The molecule has 0 radical (unpaired) electrons. The molecule has 0 saturated heterocycles. The second-order valence-electron chi connectivity index (χ2n) is 5.13. The van der Waals surface area contributed by atoms with Crippen LogP contribution in [-0.2, 0) is 0 Å². The van der Waals surface area contributed by atoms with Gasteiger partial charge in [-0.05, 0) is 42.9 Å². The van der Waals surface area contributed by atoms with Crippen LogP contribution in [0, 0.1) is 22.9 Å². The summed E-state index contributed by atoms with van der Waals surface area (Å²) >= 11 is 8.29. The fraction of sp³-hybridized carbons (Fsp3) is 0.125. The van der Waals surface area contributed by atoms with Crippen molar-refractivity contribution in [1.82, 2.24) is 5.32 Å². The van der Waals surface area contributed by atoms with Gasteiger partial charge < -0.3 is 10.1 Å². The number of nitro groups is 1. The summed E-state index contributed by atoms with van der Waals surface area (Å²) in [5, 5.41) is 15.4. The second kappa shape index (κ2) is 8.19. The average Bonchev–Trinajstić information content (AvgIpc) is 2.55. The fourth-order valence-electron chi connectivity index (χ4n) is 2.22. The third-order valence-electron chi connectivity index (χ3n) is 3.32. The Labute approximate surface area is 161 Å². The van der Waals surface area contributed by atoms with Gasteiger partial charge in [-0.1, -0.05) is 15.9 Å². The highest BCUT2D eigenvalue weighted by atomic mass is 79.9. The van der Waals surface area contributed by atoms with Crippen molar-refractivity contribution in [3.05, 3.63) is 61.9 Å². The lowest BCUT2D eigenvalue weighted by Crippen LogP contribution is -2.34. The Hall–Kier alpha value is -2.59. The molecule has 26 heavy (non-hydrogen) atoms. The summed E-state index contributed by atoms with van der Waals surface area (Å²) in [7, 11) is 1.43. The number of amides is 1. The predicted octanol–water partition coefficient (Wildman–Crippen LogP) is 3.94. The zero-order chi connectivity index (χ0) is 19.4. The van der Waals surface area contributed by atoms with E-state index in [9.17, 15) is 19.3 Å². The first-order valence-corrected chi connectivity index (χ1v) is 8.33. The van der Waals surface area contributed by atoms with Crippen LogP contribution < -0.4 is 15.4 Å². The van der Waals surface area contributed by atoms with Gasteiger partial charge in [-0.2, -0.15) is 0 Å². The van der Waals surface area contributed by atoms with E-state index in [4.69, 9.17) is 17.0 Å². The number of hydrogen-bond acceptors (Lipinski definition) is 5. The molecule has 2 aromatic rings. The van der Waals surface area contributed by atoms with Gasteiger partial charge >= 0.3 is 0 Å². The molecule has 0 bridgehead atoms. The van der Waals surface area contributed by atoms with Crippen molar-refractivity contribution in [1.29, 1.82) is 0 Å². The summed E-state index contributed by atoms with van der Waals surface area (Å²) in [6.45, 7) is 1.77. The van der Waals surface area contributed by atoms with Crippen molar-refractivity contribution in [2.24, 2.45) is 0 Å². The van der Waals surface area contributed by atoms with Crippen LogP contribution >= 0.6 is 28.1 Å². The molecule has 0 aliphatic rings. The molecule has 2 aromatic carbocycles. The van der Waals surface area contributed by atoms with E-state index in [1.54, 1.807) is 19.1 Å². The van der Waals surface area contributed by atoms with E-state index in [-0.39, 0.29) is 22.1 Å². The van der Waals surface area contributed by atoms with E-state index in [2.05, 4.69) is 26.6 Å². The van der Waals surface area contributed by atoms with Crippen LogP contribution in [-0.4, -0.2) is 23.1 Å². The third kappa shape index (κ3) is 4.52. The van der Waals surface area contributed by atoms with E-state index in [0.29, 0.717) is 10.2 Å². The number of nitrogens with one attached hydrogen (secondary N) is 2. The number of carbonyl (C=O) groups is 1. The standard InChI is InChI=1S/C16H13BrFN3O4S/c1-8-5-9(17)6-11(14(8)25-2)15(22)20-16(26)19-13-7-10(21(23)24)3-4-12(13)18/h3-7H,1-2H3,(H2,19,20,22,26).